The molecule has 2 nitrogen and oxygen atoms in total. The van der Waals surface area contributed by atoms with E-state index in [0.29, 0.717) is 5.70 Å². The molecule has 8 aromatic rings. The van der Waals surface area contributed by atoms with Crippen LogP contribution >= 0.6 is 0 Å². The minimum atomic E-state index is 0.702. The van der Waals surface area contributed by atoms with Gasteiger partial charge in [0.05, 0.1) is 5.70 Å². The van der Waals surface area contributed by atoms with E-state index in [9.17, 15) is 0 Å². The number of benzene rings is 7. The first-order chi connectivity index (χ1) is 23.6. The van der Waals surface area contributed by atoms with Gasteiger partial charge in [0.1, 0.15) is 11.2 Å². The Morgan fingerprint density at radius 3 is 1.60 bits per heavy atom. The van der Waals surface area contributed by atoms with Gasteiger partial charge in [0.25, 0.3) is 0 Å². The van der Waals surface area contributed by atoms with E-state index >= 15 is 0 Å². The van der Waals surface area contributed by atoms with Gasteiger partial charge in [-0.25, -0.2) is 0 Å². The molecule has 0 aliphatic rings. The lowest BCUT2D eigenvalue weighted by atomic mass is 9.84. The first-order valence-electron chi connectivity index (χ1n) is 16.2. The molecule has 48 heavy (non-hydrogen) atoms. The van der Waals surface area contributed by atoms with Crippen molar-refractivity contribution < 1.29 is 4.42 Å². The third kappa shape index (κ3) is 5.55. The highest BCUT2D eigenvalue weighted by Gasteiger charge is 2.17. The average Bonchev–Trinajstić information content (AvgIpc) is 3.53. The molecule has 0 spiro atoms. The second-order valence-corrected chi connectivity index (χ2v) is 12.1. The second kappa shape index (κ2) is 12.5. The molecule has 0 N–H and O–H groups in total. The lowest BCUT2D eigenvalue weighted by Gasteiger charge is -2.19. The summed E-state index contributed by atoms with van der Waals surface area (Å²) in [6, 6.07) is 59.7. The molecule has 0 unspecified atom stereocenters. The lowest BCUT2D eigenvalue weighted by Crippen LogP contribution is -1.97. The molecule has 7 aromatic carbocycles. The Balaban J connectivity index is 1.19. The van der Waals surface area contributed by atoms with Gasteiger partial charge in [0.2, 0.25) is 0 Å². The molecular weight excluding hydrogens is 583 g/mol. The molecule has 0 fully saturated rings. The number of fused-ring (bicyclic) bond motifs is 3. The number of aliphatic imine (C=N–C) groups is 1. The summed E-state index contributed by atoms with van der Waals surface area (Å²) in [4.78, 5) is 4.94. The summed E-state index contributed by atoms with van der Waals surface area (Å²) in [5.41, 5.74) is 14.8. The van der Waals surface area contributed by atoms with Crippen molar-refractivity contribution in [1.82, 2.24) is 0 Å². The van der Waals surface area contributed by atoms with Gasteiger partial charge in [0.15, 0.2) is 0 Å². The van der Waals surface area contributed by atoms with Crippen molar-refractivity contribution in [1.29, 1.82) is 0 Å². The van der Waals surface area contributed by atoms with E-state index in [1.54, 1.807) is 0 Å². The van der Waals surface area contributed by atoms with Crippen molar-refractivity contribution in [2.24, 2.45) is 4.99 Å². The standard InChI is InChI=1S/C46H33NO/c1-31(47-32(2)38-26-27-41-40-20-12-13-21-44(40)48-45(41)30-38)33-22-24-37(25-23-33)46-42(35-16-8-4-9-17-35)28-39(34-14-6-3-7-15-34)29-43(46)36-18-10-5-11-19-36/h3-30H,2H2,1H3/b47-31+. The Bertz CT molecular complexity index is 2370. The Morgan fingerprint density at radius 1 is 0.458 bits per heavy atom. The lowest BCUT2D eigenvalue weighted by molar-refractivity contribution is 0.669. The molecule has 0 amide bonds. The van der Waals surface area contributed by atoms with Gasteiger partial charge >= 0.3 is 0 Å². The van der Waals surface area contributed by atoms with Crippen molar-refractivity contribution in [2.45, 2.75) is 6.92 Å². The van der Waals surface area contributed by atoms with Gasteiger partial charge in [-0.2, -0.15) is 0 Å². The number of para-hydroxylation sites is 1. The number of rotatable bonds is 7. The summed E-state index contributed by atoms with van der Waals surface area (Å²) in [5, 5.41) is 2.21. The summed E-state index contributed by atoms with van der Waals surface area (Å²) in [7, 11) is 0. The van der Waals surface area contributed by atoms with E-state index < -0.39 is 0 Å². The van der Waals surface area contributed by atoms with E-state index in [1.807, 2.05) is 31.2 Å². The first-order valence-corrected chi connectivity index (χ1v) is 16.2. The third-order valence-corrected chi connectivity index (χ3v) is 9.02. The highest BCUT2D eigenvalue weighted by molar-refractivity contribution is 6.06. The third-order valence-electron chi connectivity index (χ3n) is 9.02. The first kappa shape index (κ1) is 29.2. The van der Waals surface area contributed by atoms with Crippen molar-refractivity contribution in [2.75, 3.05) is 0 Å². The maximum absolute atomic E-state index is 6.11. The zero-order valence-corrected chi connectivity index (χ0v) is 26.7. The highest BCUT2D eigenvalue weighted by Crippen LogP contribution is 2.43. The Labute approximate surface area is 281 Å². The summed E-state index contributed by atoms with van der Waals surface area (Å²) in [5.74, 6) is 0. The maximum atomic E-state index is 6.11. The van der Waals surface area contributed by atoms with Crippen molar-refractivity contribution in [3.05, 3.63) is 188 Å². The van der Waals surface area contributed by atoms with Crippen LogP contribution in [0.3, 0.4) is 0 Å². The van der Waals surface area contributed by atoms with Gasteiger partial charge in [-0.3, -0.25) is 4.99 Å². The van der Waals surface area contributed by atoms with Crippen LogP contribution in [0.4, 0.5) is 0 Å². The SMILES string of the molecule is C=C(/N=C(\C)c1ccc(-c2c(-c3ccccc3)cc(-c3ccccc3)cc2-c2ccccc2)cc1)c1ccc2c(c1)oc1ccccc12. The molecule has 0 radical (unpaired) electrons. The molecule has 8 rings (SSSR count). The Morgan fingerprint density at radius 2 is 0.979 bits per heavy atom. The van der Waals surface area contributed by atoms with Crippen molar-refractivity contribution >= 4 is 33.3 Å². The molecule has 0 aliphatic carbocycles. The fourth-order valence-electron chi connectivity index (χ4n) is 6.56. The van der Waals surface area contributed by atoms with Gasteiger partial charge in [-0.15, -0.1) is 0 Å². The van der Waals surface area contributed by atoms with E-state index in [-0.39, 0.29) is 0 Å². The van der Waals surface area contributed by atoms with E-state index in [2.05, 4.69) is 152 Å². The number of hydrogen-bond donors (Lipinski definition) is 0. The summed E-state index contributed by atoms with van der Waals surface area (Å²) in [6.45, 7) is 6.35. The molecule has 0 atom stereocenters. The molecule has 228 valence electrons. The van der Waals surface area contributed by atoms with Gasteiger partial charge < -0.3 is 4.42 Å². The molecular formula is C46H33NO. The van der Waals surface area contributed by atoms with Gasteiger partial charge in [-0.1, -0.05) is 146 Å². The topological polar surface area (TPSA) is 25.5 Å². The minimum absolute atomic E-state index is 0.702. The maximum Gasteiger partial charge on any atom is 0.136 e. The Kier molecular flexibility index (Phi) is 7.60. The van der Waals surface area contributed by atoms with Crippen molar-refractivity contribution in [3.8, 4) is 44.5 Å². The summed E-state index contributed by atoms with van der Waals surface area (Å²) < 4.78 is 6.11. The van der Waals surface area contributed by atoms with Crippen LogP contribution in [0.5, 0.6) is 0 Å². The van der Waals surface area contributed by atoms with Crippen LogP contribution in [0.25, 0.3) is 72.1 Å². The van der Waals surface area contributed by atoms with E-state index in [4.69, 9.17) is 9.41 Å². The second-order valence-electron chi connectivity index (χ2n) is 12.1. The fourth-order valence-corrected chi connectivity index (χ4v) is 6.56. The van der Waals surface area contributed by atoms with Crippen LogP contribution in [0.15, 0.2) is 186 Å². The van der Waals surface area contributed by atoms with Crippen molar-refractivity contribution in [3.63, 3.8) is 0 Å². The zero-order valence-electron chi connectivity index (χ0n) is 26.7. The normalized spacial score (nSPS) is 11.6. The van der Waals surface area contributed by atoms with Crippen LogP contribution in [-0.2, 0) is 0 Å². The minimum Gasteiger partial charge on any atom is -0.456 e. The van der Waals surface area contributed by atoms with Crippen LogP contribution < -0.4 is 0 Å². The Hall–Kier alpha value is -6.25. The smallest absolute Gasteiger partial charge is 0.136 e. The number of nitrogens with zero attached hydrogens (tertiary/aromatic N) is 1. The molecule has 2 heteroatoms. The van der Waals surface area contributed by atoms with E-state index in [1.165, 1.54) is 38.9 Å². The van der Waals surface area contributed by atoms with Crippen LogP contribution in [0.2, 0.25) is 0 Å². The van der Waals surface area contributed by atoms with E-state index in [0.717, 1.165) is 44.3 Å². The summed E-state index contributed by atoms with van der Waals surface area (Å²) in [6.07, 6.45) is 0. The highest BCUT2D eigenvalue weighted by atomic mass is 16.3. The van der Waals surface area contributed by atoms with Gasteiger partial charge in [0, 0.05) is 22.0 Å². The molecule has 0 aliphatic heterocycles. The fraction of sp³-hybridized carbons (Fsp3) is 0.0217. The zero-order chi connectivity index (χ0) is 32.5. The molecule has 1 heterocycles. The summed E-state index contributed by atoms with van der Waals surface area (Å²) >= 11 is 0. The monoisotopic (exact) mass is 615 g/mol. The average molecular weight is 616 g/mol. The predicted molar refractivity (Wildman–Crippen MR) is 203 cm³/mol. The van der Waals surface area contributed by atoms with Crippen LogP contribution in [0, 0.1) is 0 Å². The predicted octanol–water partition coefficient (Wildman–Crippen LogP) is 12.7. The largest absolute Gasteiger partial charge is 0.456 e. The van der Waals surface area contributed by atoms with Crippen LogP contribution in [0.1, 0.15) is 18.1 Å². The molecule has 0 saturated carbocycles. The number of furan rings is 1. The quantitative estimate of drug-likeness (QED) is 0.164. The van der Waals surface area contributed by atoms with Crippen LogP contribution in [-0.4, -0.2) is 5.71 Å². The molecule has 0 saturated heterocycles. The molecule has 1 aromatic heterocycles. The molecule has 0 bridgehead atoms. The van der Waals surface area contributed by atoms with Gasteiger partial charge in [-0.05, 0) is 87.3 Å². The number of hydrogen-bond acceptors (Lipinski definition) is 2.